The van der Waals surface area contributed by atoms with Crippen LogP contribution in [0.3, 0.4) is 0 Å². The number of allylic oxidation sites excluding steroid dienone is 1. The summed E-state index contributed by atoms with van der Waals surface area (Å²) >= 11 is 0. The highest BCUT2D eigenvalue weighted by molar-refractivity contribution is 14.0. The van der Waals surface area contributed by atoms with E-state index in [1.54, 1.807) is 18.2 Å². The van der Waals surface area contributed by atoms with Crippen LogP contribution in [0, 0.1) is 5.82 Å². The van der Waals surface area contributed by atoms with E-state index in [9.17, 15) is 9.50 Å². The van der Waals surface area contributed by atoms with Crippen LogP contribution in [0.4, 0.5) is 4.39 Å². The highest BCUT2D eigenvalue weighted by Gasteiger charge is 2.13. The van der Waals surface area contributed by atoms with E-state index < -0.39 is 11.9 Å². The van der Waals surface area contributed by atoms with E-state index >= 15 is 0 Å². The van der Waals surface area contributed by atoms with Gasteiger partial charge in [-0.25, -0.2) is 4.39 Å². The first kappa shape index (κ1) is 21.9. The van der Waals surface area contributed by atoms with E-state index in [0.29, 0.717) is 5.96 Å². The number of halogens is 2. The molecule has 0 aliphatic rings. The molecule has 1 aromatic carbocycles. The summed E-state index contributed by atoms with van der Waals surface area (Å²) in [5.74, 6) is 0.302. The Balaban J connectivity index is 0.00000484. The summed E-state index contributed by atoms with van der Waals surface area (Å²) in [6.07, 6.45) is 2.87. The van der Waals surface area contributed by atoms with Gasteiger partial charge in [0, 0.05) is 25.7 Å². The van der Waals surface area contributed by atoms with Crippen LogP contribution in [-0.4, -0.2) is 42.6 Å². The molecule has 0 bridgehead atoms. The fourth-order valence-electron chi connectivity index (χ4n) is 2.07. The lowest BCUT2D eigenvalue weighted by atomic mass is 10.1. The molecule has 0 spiro atoms. The number of aliphatic hydroxyl groups excluding tert-OH is 1. The third-order valence-electron chi connectivity index (χ3n) is 3.28. The molecule has 1 rings (SSSR count). The van der Waals surface area contributed by atoms with Crippen LogP contribution in [0.2, 0.25) is 0 Å². The Morgan fingerprint density at radius 3 is 2.78 bits per heavy atom. The summed E-state index contributed by atoms with van der Waals surface area (Å²) < 4.78 is 13.6. The number of hydrogen-bond donors (Lipinski definition) is 2. The van der Waals surface area contributed by atoms with E-state index in [4.69, 9.17) is 0 Å². The topological polar surface area (TPSA) is 47.9 Å². The van der Waals surface area contributed by atoms with Crippen LogP contribution in [0.1, 0.15) is 31.4 Å². The average Bonchev–Trinajstić information content (AvgIpc) is 2.51. The van der Waals surface area contributed by atoms with E-state index in [1.807, 2.05) is 24.9 Å². The van der Waals surface area contributed by atoms with Gasteiger partial charge in [-0.1, -0.05) is 24.3 Å². The molecule has 4 nitrogen and oxygen atoms in total. The molecule has 1 aromatic rings. The molecule has 0 aliphatic heterocycles. The Morgan fingerprint density at radius 1 is 1.48 bits per heavy atom. The Hall–Kier alpha value is -1.15. The third-order valence-corrected chi connectivity index (χ3v) is 3.28. The number of aliphatic imine (C=N–C) groups is 1. The average molecular weight is 435 g/mol. The van der Waals surface area contributed by atoms with E-state index in [-0.39, 0.29) is 36.1 Å². The molecule has 0 heterocycles. The molecule has 0 amide bonds. The zero-order valence-corrected chi connectivity index (χ0v) is 16.2. The third kappa shape index (κ3) is 7.78. The van der Waals surface area contributed by atoms with Crippen LogP contribution < -0.4 is 5.32 Å². The van der Waals surface area contributed by atoms with Crippen LogP contribution in [0.15, 0.2) is 41.9 Å². The van der Waals surface area contributed by atoms with Gasteiger partial charge in [-0.05, 0) is 25.8 Å². The van der Waals surface area contributed by atoms with E-state index in [2.05, 4.69) is 16.9 Å². The molecular weight excluding hydrogens is 408 g/mol. The standard InChI is InChI=1S/C17H26FN3O.HI/c1-4-6-9-12-21(3)17(19-5-2)20-13-16(22)14-10-7-8-11-15(14)18;/h4,7-8,10-11,16,22H,1,5-6,9,12-13H2,2-3H3,(H,19,20);1H. The summed E-state index contributed by atoms with van der Waals surface area (Å²) in [6, 6.07) is 6.23. The first-order valence-corrected chi connectivity index (χ1v) is 7.63. The molecule has 6 heteroatoms. The van der Waals surface area contributed by atoms with Gasteiger partial charge >= 0.3 is 0 Å². The summed E-state index contributed by atoms with van der Waals surface area (Å²) in [7, 11) is 1.94. The summed E-state index contributed by atoms with van der Waals surface area (Å²) in [6.45, 7) is 7.39. The van der Waals surface area contributed by atoms with Crippen molar-refractivity contribution in [3.05, 3.63) is 48.3 Å². The Kier molecular flexibility index (Phi) is 11.7. The van der Waals surface area contributed by atoms with Gasteiger partial charge < -0.3 is 15.3 Å². The number of rotatable bonds is 8. The number of hydrogen-bond acceptors (Lipinski definition) is 2. The molecule has 130 valence electrons. The van der Waals surface area contributed by atoms with Crippen molar-refractivity contribution in [1.82, 2.24) is 10.2 Å². The van der Waals surface area contributed by atoms with Crippen LogP contribution in [0.25, 0.3) is 0 Å². The van der Waals surface area contributed by atoms with Gasteiger partial charge in [0.2, 0.25) is 0 Å². The molecule has 23 heavy (non-hydrogen) atoms. The molecule has 0 saturated heterocycles. The smallest absolute Gasteiger partial charge is 0.193 e. The molecular formula is C17H27FIN3O. The number of nitrogens with zero attached hydrogens (tertiary/aromatic N) is 2. The minimum Gasteiger partial charge on any atom is -0.386 e. The van der Waals surface area contributed by atoms with Gasteiger partial charge in [0.15, 0.2) is 5.96 Å². The maximum atomic E-state index is 13.6. The number of nitrogens with one attached hydrogen (secondary N) is 1. The highest BCUT2D eigenvalue weighted by Crippen LogP contribution is 2.16. The summed E-state index contributed by atoms with van der Waals surface area (Å²) in [5, 5.41) is 13.3. The van der Waals surface area contributed by atoms with Gasteiger partial charge in [-0.15, -0.1) is 30.6 Å². The van der Waals surface area contributed by atoms with Crippen LogP contribution >= 0.6 is 24.0 Å². The largest absolute Gasteiger partial charge is 0.386 e. The lowest BCUT2D eigenvalue weighted by molar-refractivity contribution is 0.182. The van der Waals surface area contributed by atoms with Crippen molar-refractivity contribution in [3.8, 4) is 0 Å². The second-order valence-corrected chi connectivity index (χ2v) is 5.08. The van der Waals surface area contributed by atoms with Gasteiger partial charge in [0.1, 0.15) is 11.9 Å². The number of aliphatic hydroxyl groups is 1. The molecule has 1 unspecified atom stereocenters. The first-order valence-electron chi connectivity index (χ1n) is 7.63. The lowest BCUT2D eigenvalue weighted by Crippen LogP contribution is -2.39. The van der Waals surface area contributed by atoms with Crippen molar-refractivity contribution in [2.45, 2.75) is 25.9 Å². The second kappa shape index (κ2) is 12.3. The Morgan fingerprint density at radius 2 is 2.17 bits per heavy atom. The zero-order chi connectivity index (χ0) is 16.4. The van der Waals surface area contributed by atoms with Crippen molar-refractivity contribution in [3.63, 3.8) is 0 Å². The molecule has 0 aliphatic carbocycles. The van der Waals surface area contributed by atoms with Crippen molar-refractivity contribution in [2.24, 2.45) is 4.99 Å². The fraction of sp³-hybridized carbons (Fsp3) is 0.471. The molecule has 1 atom stereocenters. The maximum absolute atomic E-state index is 13.6. The zero-order valence-electron chi connectivity index (χ0n) is 13.8. The van der Waals surface area contributed by atoms with E-state index in [1.165, 1.54) is 6.07 Å². The summed E-state index contributed by atoms with van der Waals surface area (Å²) in [4.78, 5) is 6.40. The number of unbranched alkanes of at least 4 members (excludes halogenated alkanes) is 1. The van der Waals surface area contributed by atoms with Gasteiger partial charge in [-0.2, -0.15) is 0 Å². The van der Waals surface area contributed by atoms with Crippen LogP contribution in [-0.2, 0) is 0 Å². The van der Waals surface area contributed by atoms with Crippen molar-refractivity contribution in [2.75, 3.05) is 26.7 Å². The molecule has 0 saturated carbocycles. The van der Waals surface area contributed by atoms with Crippen molar-refractivity contribution in [1.29, 1.82) is 0 Å². The quantitative estimate of drug-likeness (QED) is 0.217. The van der Waals surface area contributed by atoms with E-state index in [0.717, 1.165) is 25.9 Å². The fourth-order valence-corrected chi connectivity index (χ4v) is 2.07. The number of guanidine groups is 1. The normalized spacial score (nSPS) is 12.3. The maximum Gasteiger partial charge on any atom is 0.193 e. The second-order valence-electron chi connectivity index (χ2n) is 5.08. The Labute approximate surface area is 155 Å². The predicted molar refractivity (Wildman–Crippen MR) is 105 cm³/mol. The molecule has 0 aromatic heterocycles. The molecule has 0 radical (unpaired) electrons. The molecule has 2 N–H and O–H groups in total. The SMILES string of the molecule is C=CCCCN(C)C(=NCC(O)c1ccccc1F)NCC.I. The molecule has 0 fully saturated rings. The minimum absolute atomic E-state index is 0. The van der Waals surface area contributed by atoms with Crippen molar-refractivity contribution < 1.29 is 9.50 Å². The van der Waals surface area contributed by atoms with Gasteiger partial charge in [-0.3, -0.25) is 4.99 Å². The van der Waals surface area contributed by atoms with Crippen molar-refractivity contribution >= 4 is 29.9 Å². The van der Waals surface area contributed by atoms with Gasteiger partial charge in [0.25, 0.3) is 0 Å². The van der Waals surface area contributed by atoms with Crippen LogP contribution in [0.5, 0.6) is 0 Å². The highest BCUT2D eigenvalue weighted by atomic mass is 127. The monoisotopic (exact) mass is 435 g/mol. The Bertz CT molecular complexity index is 496. The summed E-state index contributed by atoms with van der Waals surface area (Å²) in [5.41, 5.74) is 0.274. The lowest BCUT2D eigenvalue weighted by Gasteiger charge is -2.22. The first-order chi connectivity index (χ1) is 10.6. The minimum atomic E-state index is -0.948. The predicted octanol–water partition coefficient (Wildman–Crippen LogP) is 3.34. The number of benzene rings is 1. The van der Waals surface area contributed by atoms with Gasteiger partial charge in [0.05, 0.1) is 6.54 Å².